The van der Waals surface area contributed by atoms with Crippen LogP contribution < -0.4 is 16.2 Å². The van der Waals surface area contributed by atoms with Gasteiger partial charge in [-0.1, -0.05) is 33.1 Å². The van der Waals surface area contributed by atoms with Crippen LogP contribution in [0.25, 0.3) is 0 Å². The molecule has 0 radical (unpaired) electrons. The quantitative estimate of drug-likeness (QED) is 0.589. The van der Waals surface area contributed by atoms with Gasteiger partial charge in [-0.2, -0.15) is 0 Å². The third-order valence-electron chi connectivity index (χ3n) is 3.68. The van der Waals surface area contributed by atoms with Gasteiger partial charge in [0.2, 0.25) is 0 Å². The first-order valence-electron chi connectivity index (χ1n) is 7.51. The molecule has 4 nitrogen and oxygen atoms in total. The molecule has 0 aliphatic heterocycles. The fourth-order valence-electron chi connectivity index (χ4n) is 2.43. The van der Waals surface area contributed by atoms with Crippen molar-refractivity contribution < 1.29 is 4.79 Å². The Kier molecular flexibility index (Phi) is 5.99. The van der Waals surface area contributed by atoms with E-state index in [-0.39, 0.29) is 5.91 Å². The fraction of sp³-hybridized carbons (Fsp3) is 0.600. The number of thiophene rings is 1. The lowest BCUT2D eigenvalue weighted by Gasteiger charge is -2.24. The number of amides is 1. The van der Waals surface area contributed by atoms with Crippen LogP contribution in [0.5, 0.6) is 0 Å². The molecular weight excluding hydrogens is 302 g/mol. The van der Waals surface area contributed by atoms with Crippen molar-refractivity contribution in [2.45, 2.75) is 57.9 Å². The molecule has 116 valence electrons. The zero-order chi connectivity index (χ0) is 15.2. The minimum absolute atomic E-state index is 0.147. The summed E-state index contributed by atoms with van der Waals surface area (Å²) >= 11 is 6.83. The number of hydrazine groups is 1. The predicted molar refractivity (Wildman–Crippen MR) is 91.6 cm³/mol. The van der Waals surface area contributed by atoms with Crippen LogP contribution in [0.15, 0.2) is 11.4 Å². The van der Waals surface area contributed by atoms with E-state index in [4.69, 9.17) is 12.2 Å². The van der Waals surface area contributed by atoms with Gasteiger partial charge in [-0.05, 0) is 37.0 Å². The SMILES string of the molecule is CC(C)c1cc(C(=O)NNC(=S)NC2CCCCC2)cs1. The van der Waals surface area contributed by atoms with Crippen LogP contribution in [0.2, 0.25) is 0 Å². The third-order valence-corrected chi connectivity index (χ3v) is 5.13. The van der Waals surface area contributed by atoms with Crippen LogP contribution in [0.3, 0.4) is 0 Å². The summed E-state index contributed by atoms with van der Waals surface area (Å²) < 4.78 is 0. The molecule has 21 heavy (non-hydrogen) atoms. The minimum Gasteiger partial charge on any atom is -0.359 e. The summed E-state index contributed by atoms with van der Waals surface area (Å²) in [6.07, 6.45) is 6.11. The van der Waals surface area contributed by atoms with E-state index in [0.717, 1.165) is 12.8 Å². The van der Waals surface area contributed by atoms with Gasteiger partial charge in [0.1, 0.15) is 0 Å². The molecule has 1 aromatic heterocycles. The van der Waals surface area contributed by atoms with Crippen LogP contribution in [0.4, 0.5) is 0 Å². The molecule has 0 bridgehead atoms. The standard InChI is InChI=1S/C15H23N3OS2/c1-10(2)13-8-11(9-21-13)14(19)17-18-15(20)16-12-6-4-3-5-7-12/h8-10,12H,3-7H2,1-2H3,(H,17,19)(H2,16,18,20). The Morgan fingerprint density at radius 2 is 2.00 bits per heavy atom. The van der Waals surface area contributed by atoms with Crippen LogP contribution >= 0.6 is 23.6 Å². The second-order valence-corrected chi connectivity index (χ2v) is 7.13. The predicted octanol–water partition coefficient (Wildman–Crippen LogP) is 3.31. The molecule has 6 heteroatoms. The van der Waals surface area contributed by atoms with E-state index in [9.17, 15) is 4.79 Å². The second kappa shape index (κ2) is 7.75. The van der Waals surface area contributed by atoms with E-state index >= 15 is 0 Å². The summed E-state index contributed by atoms with van der Waals surface area (Å²) in [5.74, 6) is 0.296. The van der Waals surface area contributed by atoms with Crippen LogP contribution in [0, 0.1) is 0 Å². The summed E-state index contributed by atoms with van der Waals surface area (Å²) in [6, 6.07) is 2.37. The summed E-state index contributed by atoms with van der Waals surface area (Å²) in [4.78, 5) is 13.2. The largest absolute Gasteiger partial charge is 0.359 e. The van der Waals surface area contributed by atoms with Gasteiger partial charge in [-0.25, -0.2) is 0 Å². The molecule has 1 saturated carbocycles. The number of carbonyl (C=O) groups is 1. The molecule has 0 spiro atoms. The summed E-state index contributed by atoms with van der Waals surface area (Å²) in [6.45, 7) is 4.24. The molecule has 1 aliphatic rings. The van der Waals surface area contributed by atoms with Gasteiger partial charge in [0.15, 0.2) is 5.11 Å². The summed E-state index contributed by atoms with van der Waals surface area (Å²) in [5.41, 5.74) is 6.12. The Morgan fingerprint density at radius 1 is 1.29 bits per heavy atom. The first-order chi connectivity index (χ1) is 10.1. The molecular formula is C15H23N3OS2. The number of nitrogens with one attached hydrogen (secondary N) is 3. The normalized spacial score (nSPS) is 15.8. The lowest BCUT2D eigenvalue weighted by atomic mass is 9.96. The van der Waals surface area contributed by atoms with Crippen molar-refractivity contribution in [1.29, 1.82) is 0 Å². The monoisotopic (exact) mass is 325 g/mol. The number of thiocarbonyl (C=S) groups is 1. The highest BCUT2D eigenvalue weighted by Crippen LogP contribution is 2.22. The van der Waals surface area contributed by atoms with Gasteiger partial charge in [0.05, 0.1) is 5.56 Å². The Balaban J connectivity index is 1.75. The molecule has 0 aromatic carbocycles. The van der Waals surface area contributed by atoms with Crippen LogP contribution in [0.1, 0.15) is 67.1 Å². The minimum atomic E-state index is -0.147. The Morgan fingerprint density at radius 3 is 2.62 bits per heavy atom. The number of hydrogen-bond donors (Lipinski definition) is 3. The van der Waals surface area contributed by atoms with E-state index in [2.05, 4.69) is 30.0 Å². The highest BCUT2D eigenvalue weighted by molar-refractivity contribution is 7.80. The van der Waals surface area contributed by atoms with Gasteiger partial charge < -0.3 is 5.32 Å². The molecule has 1 fully saturated rings. The molecule has 0 saturated heterocycles. The van der Waals surface area contributed by atoms with Crippen molar-refractivity contribution in [2.24, 2.45) is 0 Å². The number of hydrogen-bond acceptors (Lipinski definition) is 3. The van der Waals surface area contributed by atoms with Gasteiger partial charge in [0.25, 0.3) is 5.91 Å². The first-order valence-corrected chi connectivity index (χ1v) is 8.80. The van der Waals surface area contributed by atoms with Crippen molar-refractivity contribution in [3.63, 3.8) is 0 Å². The lowest BCUT2D eigenvalue weighted by molar-refractivity contribution is 0.0944. The molecule has 0 atom stereocenters. The maximum absolute atomic E-state index is 12.0. The van der Waals surface area contributed by atoms with Crippen LogP contribution in [-0.4, -0.2) is 17.1 Å². The Bertz CT molecular complexity index is 493. The van der Waals surface area contributed by atoms with E-state index in [1.165, 1.54) is 24.1 Å². The first kappa shape index (κ1) is 16.2. The maximum atomic E-state index is 12.0. The van der Waals surface area contributed by atoms with Crippen molar-refractivity contribution in [3.05, 3.63) is 21.9 Å². The van der Waals surface area contributed by atoms with Crippen molar-refractivity contribution in [2.75, 3.05) is 0 Å². The Labute approximate surface area is 135 Å². The van der Waals surface area contributed by atoms with Gasteiger partial charge in [-0.15, -0.1) is 11.3 Å². The topological polar surface area (TPSA) is 53.2 Å². The molecule has 0 unspecified atom stereocenters. The molecule has 3 N–H and O–H groups in total. The van der Waals surface area contributed by atoms with E-state index < -0.39 is 0 Å². The second-order valence-electron chi connectivity index (χ2n) is 5.78. The molecule has 1 amide bonds. The lowest BCUT2D eigenvalue weighted by Crippen LogP contribution is -2.50. The van der Waals surface area contributed by atoms with E-state index in [1.807, 2.05) is 11.4 Å². The van der Waals surface area contributed by atoms with E-state index in [1.54, 1.807) is 11.3 Å². The summed E-state index contributed by atoms with van der Waals surface area (Å²) in [7, 11) is 0. The third kappa shape index (κ3) is 4.97. The highest BCUT2D eigenvalue weighted by atomic mass is 32.1. The van der Waals surface area contributed by atoms with E-state index in [0.29, 0.717) is 22.6 Å². The summed E-state index contributed by atoms with van der Waals surface area (Å²) in [5, 5.41) is 5.63. The van der Waals surface area contributed by atoms with Gasteiger partial charge in [-0.3, -0.25) is 15.6 Å². The molecule has 1 aromatic rings. The van der Waals surface area contributed by atoms with Crippen LogP contribution in [-0.2, 0) is 0 Å². The molecule has 2 rings (SSSR count). The smallest absolute Gasteiger partial charge is 0.270 e. The highest BCUT2D eigenvalue weighted by Gasteiger charge is 2.15. The fourth-order valence-corrected chi connectivity index (χ4v) is 3.55. The maximum Gasteiger partial charge on any atom is 0.270 e. The van der Waals surface area contributed by atoms with Gasteiger partial charge >= 0.3 is 0 Å². The average Bonchev–Trinajstić information content (AvgIpc) is 2.96. The molecule has 1 aliphatic carbocycles. The molecule has 1 heterocycles. The van der Waals surface area contributed by atoms with Crippen molar-refractivity contribution >= 4 is 34.6 Å². The van der Waals surface area contributed by atoms with Crippen molar-refractivity contribution in [3.8, 4) is 0 Å². The average molecular weight is 326 g/mol. The zero-order valence-electron chi connectivity index (χ0n) is 12.6. The Hall–Kier alpha value is -1.14. The number of rotatable bonds is 3. The number of carbonyl (C=O) groups excluding carboxylic acids is 1. The van der Waals surface area contributed by atoms with Gasteiger partial charge in [0, 0.05) is 16.3 Å². The van der Waals surface area contributed by atoms with Crippen molar-refractivity contribution in [1.82, 2.24) is 16.2 Å². The zero-order valence-corrected chi connectivity index (χ0v) is 14.2.